The molecule has 2 aromatic rings. The Morgan fingerprint density at radius 2 is 2.15 bits per heavy atom. The van der Waals surface area contributed by atoms with E-state index in [4.69, 9.17) is 14.5 Å². The zero-order valence-electron chi connectivity index (χ0n) is 22.8. The topological polar surface area (TPSA) is 83.9 Å². The minimum Gasteiger partial charge on any atom is -0.480 e. The molecule has 1 saturated heterocycles. The molecule has 212 valence electrons. The summed E-state index contributed by atoms with van der Waals surface area (Å²) in [6, 6.07) is 5.93. The van der Waals surface area contributed by atoms with Gasteiger partial charge in [0, 0.05) is 38.4 Å². The van der Waals surface area contributed by atoms with Gasteiger partial charge in [0.05, 0.1) is 18.8 Å². The first-order valence-electron chi connectivity index (χ1n) is 14.1. The summed E-state index contributed by atoms with van der Waals surface area (Å²) in [6.45, 7) is 5.52. The number of benzene rings is 1. The quantitative estimate of drug-likeness (QED) is 0.408. The molecule has 1 aromatic carbocycles. The molecule has 1 fully saturated rings. The van der Waals surface area contributed by atoms with Crippen LogP contribution in [0, 0.1) is 5.82 Å². The van der Waals surface area contributed by atoms with Crippen molar-refractivity contribution in [3.8, 4) is 0 Å². The molecule has 0 spiro atoms. The molecule has 3 aliphatic heterocycles. The Hall–Kier alpha value is -2.62. The van der Waals surface area contributed by atoms with E-state index in [1.165, 1.54) is 31.5 Å². The SMILES string of the molecule is CC(C)(F)C1Cc2c(cc(F)cc2C(C(=O)O)N2CCC(OCCCCc3ccc4c(n3)NCCC4)C2)CO1. The van der Waals surface area contributed by atoms with Crippen molar-refractivity contribution in [2.75, 3.05) is 31.6 Å². The molecule has 9 heteroatoms. The lowest BCUT2D eigenvalue weighted by molar-refractivity contribution is -0.143. The number of carboxylic acids is 1. The molecule has 4 heterocycles. The first-order valence-corrected chi connectivity index (χ1v) is 14.1. The van der Waals surface area contributed by atoms with Crippen LogP contribution in [0.2, 0.25) is 0 Å². The van der Waals surface area contributed by atoms with Gasteiger partial charge in [-0.15, -0.1) is 0 Å². The molecular weight excluding hydrogens is 504 g/mol. The van der Waals surface area contributed by atoms with Crippen LogP contribution in [0.15, 0.2) is 24.3 Å². The van der Waals surface area contributed by atoms with Gasteiger partial charge >= 0.3 is 5.97 Å². The van der Waals surface area contributed by atoms with Gasteiger partial charge in [-0.25, -0.2) is 13.8 Å². The van der Waals surface area contributed by atoms with Crippen LogP contribution in [0.25, 0.3) is 0 Å². The summed E-state index contributed by atoms with van der Waals surface area (Å²) < 4.78 is 41.0. The number of pyridine rings is 1. The van der Waals surface area contributed by atoms with Crippen molar-refractivity contribution in [1.29, 1.82) is 0 Å². The summed E-state index contributed by atoms with van der Waals surface area (Å²) in [4.78, 5) is 19.1. The number of ether oxygens (including phenoxy) is 2. The van der Waals surface area contributed by atoms with Crippen LogP contribution in [0.1, 0.15) is 73.5 Å². The molecule has 39 heavy (non-hydrogen) atoms. The van der Waals surface area contributed by atoms with Crippen LogP contribution in [0.5, 0.6) is 0 Å². The number of aromatic nitrogens is 1. The number of halogens is 2. The first kappa shape index (κ1) is 27.9. The van der Waals surface area contributed by atoms with Crippen LogP contribution in [0.3, 0.4) is 0 Å². The van der Waals surface area contributed by atoms with Gasteiger partial charge in [-0.05, 0) is 92.8 Å². The van der Waals surface area contributed by atoms with E-state index >= 15 is 0 Å². The van der Waals surface area contributed by atoms with Crippen molar-refractivity contribution >= 4 is 11.8 Å². The average molecular weight is 544 g/mol. The average Bonchev–Trinajstić information content (AvgIpc) is 3.35. The maximum atomic E-state index is 14.7. The number of rotatable bonds is 10. The van der Waals surface area contributed by atoms with Gasteiger partial charge in [0.25, 0.3) is 0 Å². The largest absolute Gasteiger partial charge is 0.480 e. The zero-order valence-corrected chi connectivity index (χ0v) is 22.8. The minimum absolute atomic E-state index is 0.0632. The number of likely N-dealkylation sites (tertiary alicyclic amines) is 1. The molecule has 0 amide bonds. The molecule has 2 N–H and O–H groups in total. The number of nitrogens with one attached hydrogen (secondary N) is 1. The van der Waals surface area contributed by atoms with Crippen LogP contribution in [0.4, 0.5) is 14.6 Å². The Bertz CT molecular complexity index is 1190. The predicted octanol–water partition coefficient (Wildman–Crippen LogP) is 5.01. The Morgan fingerprint density at radius 3 is 2.95 bits per heavy atom. The first-order chi connectivity index (χ1) is 18.7. The van der Waals surface area contributed by atoms with Crippen molar-refractivity contribution in [3.05, 3.63) is 58.0 Å². The molecule has 5 rings (SSSR count). The summed E-state index contributed by atoms with van der Waals surface area (Å²) in [5, 5.41) is 13.6. The van der Waals surface area contributed by atoms with Gasteiger partial charge < -0.3 is 19.9 Å². The normalized spacial score (nSPS) is 22.2. The Morgan fingerprint density at radius 1 is 1.31 bits per heavy atom. The lowest BCUT2D eigenvalue weighted by Gasteiger charge is -2.35. The molecule has 0 bridgehead atoms. The van der Waals surface area contributed by atoms with E-state index in [1.54, 1.807) is 0 Å². The highest BCUT2D eigenvalue weighted by atomic mass is 19.1. The Labute approximate surface area is 228 Å². The third-order valence-electron chi connectivity index (χ3n) is 8.14. The number of aryl methyl sites for hydroxylation is 2. The fourth-order valence-electron chi connectivity index (χ4n) is 5.99. The standard InChI is InChI=1S/C30H39F2N3O4/c1-30(2,32)26-16-24-20(18-39-26)14-21(31)15-25(24)27(29(36)37)35-12-10-23(17-35)38-13-4-3-7-22-9-8-19-6-5-11-33-28(19)34-22/h8-9,14-15,23,26-27H,3-7,10-13,16-18H2,1-2H3,(H,33,34)(H,36,37). The monoisotopic (exact) mass is 543 g/mol. The van der Waals surface area contributed by atoms with Crippen LogP contribution in [-0.4, -0.2) is 65.1 Å². The van der Waals surface area contributed by atoms with Crippen molar-refractivity contribution in [3.63, 3.8) is 0 Å². The molecule has 0 saturated carbocycles. The maximum Gasteiger partial charge on any atom is 0.325 e. The highest BCUT2D eigenvalue weighted by Gasteiger charge is 2.39. The van der Waals surface area contributed by atoms with Gasteiger partial charge in [-0.2, -0.15) is 0 Å². The number of hydrogen-bond donors (Lipinski definition) is 2. The molecule has 0 radical (unpaired) electrons. The number of aliphatic carboxylic acids is 1. The smallest absolute Gasteiger partial charge is 0.325 e. The summed E-state index contributed by atoms with van der Waals surface area (Å²) in [5.74, 6) is -0.532. The maximum absolute atomic E-state index is 14.7. The Balaban J connectivity index is 1.16. The van der Waals surface area contributed by atoms with Gasteiger partial charge in [0.15, 0.2) is 0 Å². The molecule has 3 atom stereocenters. The third kappa shape index (κ3) is 6.58. The minimum atomic E-state index is -1.60. The number of anilines is 1. The second-order valence-corrected chi connectivity index (χ2v) is 11.5. The molecule has 3 unspecified atom stereocenters. The highest BCUT2D eigenvalue weighted by Crippen LogP contribution is 2.37. The number of fused-ring (bicyclic) bond motifs is 2. The number of hydrogen-bond acceptors (Lipinski definition) is 6. The van der Waals surface area contributed by atoms with Crippen LogP contribution in [-0.2, 0) is 40.1 Å². The Kier molecular flexibility index (Phi) is 8.49. The van der Waals surface area contributed by atoms with E-state index in [-0.39, 0.29) is 19.1 Å². The highest BCUT2D eigenvalue weighted by molar-refractivity contribution is 5.76. The van der Waals surface area contributed by atoms with E-state index < -0.39 is 29.6 Å². The van der Waals surface area contributed by atoms with Gasteiger partial charge in [-0.3, -0.25) is 9.69 Å². The van der Waals surface area contributed by atoms with E-state index in [9.17, 15) is 18.7 Å². The van der Waals surface area contributed by atoms with Crippen molar-refractivity contribution < 1.29 is 28.2 Å². The lowest BCUT2D eigenvalue weighted by Crippen LogP contribution is -2.40. The van der Waals surface area contributed by atoms with E-state index in [0.717, 1.165) is 50.2 Å². The second-order valence-electron chi connectivity index (χ2n) is 11.5. The fourth-order valence-corrected chi connectivity index (χ4v) is 5.99. The summed E-state index contributed by atoms with van der Waals surface area (Å²) in [6.07, 6.45) is 5.09. The van der Waals surface area contributed by atoms with Gasteiger partial charge in [0.1, 0.15) is 23.3 Å². The molecule has 1 aromatic heterocycles. The number of unbranched alkanes of at least 4 members (excludes halogenated alkanes) is 1. The van der Waals surface area contributed by atoms with E-state index in [2.05, 4.69) is 17.4 Å². The zero-order chi connectivity index (χ0) is 27.6. The predicted molar refractivity (Wildman–Crippen MR) is 144 cm³/mol. The summed E-state index contributed by atoms with van der Waals surface area (Å²) >= 11 is 0. The van der Waals surface area contributed by atoms with Crippen molar-refractivity contribution in [2.45, 2.75) is 89.3 Å². The van der Waals surface area contributed by atoms with Crippen molar-refractivity contribution in [1.82, 2.24) is 9.88 Å². The summed E-state index contributed by atoms with van der Waals surface area (Å²) in [5.41, 5.74) is 2.44. The van der Waals surface area contributed by atoms with Crippen LogP contribution < -0.4 is 5.32 Å². The number of nitrogens with zero attached hydrogens (tertiary/aromatic N) is 2. The van der Waals surface area contributed by atoms with E-state index in [0.29, 0.717) is 42.8 Å². The van der Waals surface area contributed by atoms with Crippen LogP contribution >= 0.6 is 0 Å². The fraction of sp³-hybridized carbons (Fsp3) is 0.600. The van der Waals surface area contributed by atoms with Crippen molar-refractivity contribution in [2.24, 2.45) is 0 Å². The van der Waals surface area contributed by atoms with Gasteiger partial charge in [-0.1, -0.05) is 6.07 Å². The summed E-state index contributed by atoms with van der Waals surface area (Å²) in [7, 11) is 0. The molecule has 0 aliphatic carbocycles. The van der Waals surface area contributed by atoms with E-state index in [1.807, 2.05) is 4.90 Å². The number of carboxylic acid groups (broad SMARTS) is 1. The molecule has 7 nitrogen and oxygen atoms in total. The number of alkyl halides is 1. The third-order valence-corrected chi connectivity index (χ3v) is 8.14. The lowest BCUT2D eigenvalue weighted by atomic mass is 9.86. The molecular formula is C30H39F2N3O4. The number of carbonyl (C=O) groups is 1. The molecule has 3 aliphatic rings. The second kappa shape index (κ2) is 11.9. The van der Waals surface area contributed by atoms with Gasteiger partial charge in [0.2, 0.25) is 0 Å².